The minimum atomic E-state index is 0.231. The highest BCUT2D eigenvalue weighted by Gasteiger charge is 2.15. The molecule has 0 amide bonds. The van der Waals surface area contributed by atoms with Gasteiger partial charge < -0.3 is 15.2 Å². The molecule has 2 N–H and O–H groups in total. The maximum Gasteiger partial charge on any atom is 0.165 e. The molecule has 0 saturated heterocycles. The van der Waals surface area contributed by atoms with Gasteiger partial charge in [0.1, 0.15) is 6.61 Å². The molecule has 0 atom stereocenters. The monoisotopic (exact) mass is 247 g/mol. The first-order chi connectivity index (χ1) is 8.34. The summed E-state index contributed by atoms with van der Waals surface area (Å²) in [4.78, 5) is 1.16. The quantitative estimate of drug-likeness (QED) is 0.814. The third-order valence-corrected chi connectivity index (χ3v) is 3.71. The number of phenols is 1. The van der Waals surface area contributed by atoms with Crippen LogP contribution in [-0.4, -0.2) is 18.3 Å². The van der Waals surface area contributed by atoms with Crippen LogP contribution in [0.4, 0.5) is 0 Å². The van der Waals surface area contributed by atoms with E-state index in [1.165, 1.54) is 0 Å². The maximum atomic E-state index is 10.0. The Bertz CT molecular complexity index is 522. The highest BCUT2D eigenvalue weighted by atomic mass is 32.1. The molecule has 0 unspecified atom stereocenters. The van der Waals surface area contributed by atoms with Gasteiger partial charge in [-0.3, -0.25) is 0 Å². The van der Waals surface area contributed by atoms with Gasteiger partial charge in [0.2, 0.25) is 0 Å². The first-order valence-corrected chi connectivity index (χ1v) is 6.46. The van der Waals surface area contributed by atoms with E-state index in [9.17, 15) is 5.11 Å². The summed E-state index contributed by atoms with van der Waals surface area (Å²) >= 11 is 1.67. The molecule has 1 aromatic heterocycles. The van der Waals surface area contributed by atoms with Crippen LogP contribution in [0.25, 0.3) is 10.4 Å². The molecule has 0 bridgehead atoms. The lowest BCUT2D eigenvalue weighted by Crippen LogP contribution is -2.16. The van der Waals surface area contributed by atoms with Crippen molar-refractivity contribution >= 4 is 11.3 Å². The second kappa shape index (κ2) is 4.39. The Morgan fingerprint density at radius 1 is 1.35 bits per heavy atom. The highest BCUT2D eigenvalue weighted by Crippen LogP contribution is 2.37. The number of rotatable bonds is 1. The van der Waals surface area contributed by atoms with Crippen LogP contribution in [0.15, 0.2) is 29.6 Å². The van der Waals surface area contributed by atoms with Crippen molar-refractivity contribution in [2.45, 2.75) is 6.54 Å². The number of benzene rings is 1. The van der Waals surface area contributed by atoms with Crippen LogP contribution in [0.2, 0.25) is 0 Å². The smallest absolute Gasteiger partial charge is 0.165 e. The van der Waals surface area contributed by atoms with Crippen LogP contribution in [0.5, 0.6) is 11.5 Å². The van der Waals surface area contributed by atoms with Gasteiger partial charge in [-0.1, -0.05) is 6.07 Å². The Kier molecular flexibility index (Phi) is 2.74. The van der Waals surface area contributed by atoms with E-state index in [4.69, 9.17) is 4.74 Å². The van der Waals surface area contributed by atoms with E-state index >= 15 is 0 Å². The molecule has 1 aliphatic heterocycles. The van der Waals surface area contributed by atoms with Crippen molar-refractivity contribution in [1.82, 2.24) is 5.32 Å². The predicted molar refractivity (Wildman–Crippen MR) is 68.6 cm³/mol. The van der Waals surface area contributed by atoms with Crippen molar-refractivity contribution in [3.8, 4) is 21.9 Å². The van der Waals surface area contributed by atoms with Crippen LogP contribution in [0.3, 0.4) is 0 Å². The normalized spacial score (nSPS) is 14.8. The highest BCUT2D eigenvalue weighted by molar-refractivity contribution is 7.13. The molecule has 0 spiro atoms. The summed E-state index contributed by atoms with van der Waals surface area (Å²) in [6.07, 6.45) is 0. The van der Waals surface area contributed by atoms with E-state index in [0.29, 0.717) is 12.4 Å². The summed E-state index contributed by atoms with van der Waals surface area (Å²) in [5, 5.41) is 15.3. The Hall–Kier alpha value is -1.52. The number of hydrogen-bond acceptors (Lipinski definition) is 4. The fourth-order valence-corrected chi connectivity index (χ4v) is 2.72. The third-order valence-electron chi connectivity index (χ3n) is 2.79. The minimum absolute atomic E-state index is 0.231. The van der Waals surface area contributed by atoms with Crippen molar-refractivity contribution in [2.24, 2.45) is 0 Å². The first-order valence-electron chi connectivity index (χ1n) is 5.58. The van der Waals surface area contributed by atoms with Crippen molar-refractivity contribution in [3.63, 3.8) is 0 Å². The van der Waals surface area contributed by atoms with E-state index in [2.05, 4.69) is 17.4 Å². The van der Waals surface area contributed by atoms with Gasteiger partial charge >= 0.3 is 0 Å². The topological polar surface area (TPSA) is 41.5 Å². The molecule has 3 rings (SSSR count). The van der Waals surface area contributed by atoms with Gasteiger partial charge in [-0.2, -0.15) is 0 Å². The van der Waals surface area contributed by atoms with Crippen LogP contribution < -0.4 is 10.1 Å². The summed E-state index contributed by atoms with van der Waals surface area (Å²) in [5.74, 6) is 0.852. The van der Waals surface area contributed by atoms with Crippen LogP contribution >= 0.6 is 11.3 Å². The second-order valence-electron chi connectivity index (χ2n) is 3.99. The van der Waals surface area contributed by atoms with E-state index in [-0.39, 0.29) is 5.75 Å². The zero-order valence-corrected chi connectivity index (χ0v) is 10.1. The summed E-state index contributed by atoms with van der Waals surface area (Å²) in [6, 6.07) is 7.92. The Morgan fingerprint density at radius 3 is 3.12 bits per heavy atom. The number of nitrogens with one attached hydrogen (secondary N) is 1. The van der Waals surface area contributed by atoms with Gasteiger partial charge in [-0.15, -0.1) is 11.3 Å². The van der Waals surface area contributed by atoms with Gasteiger partial charge in [0.25, 0.3) is 0 Å². The van der Waals surface area contributed by atoms with E-state index < -0.39 is 0 Å². The number of ether oxygens (including phenoxy) is 1. The lowest BCUT2D eigenvalue weighted by molar-refractivity contribution is 0.307. The summed E-state index contributed by atoms with van der Waals surface area (Å²) in [6.45, 7) is 2.14. The SMILES string of the molecule is Oc1cc(-c2cccs2)cc2c1OCCNC2. The minimum Gasteiger partial charge on any atom is -0.504 e. The van der Waals surface area contributed by atoms with Crippen molar-refractivity contribution in [1.29, 1.82) is 0 Å². The molecule has 0 aliphatic carbocycles. The molecule has 0 radical (unpaired) electrons. The predicted octanol–water partition coefficient (Wildman–Crippen LogP) is 2.60. The number of fused-ring (bicyclic) bond motifs is 1. The number of phenolic OH excluding ortho intramolecular Hbond substituents is 1. The molecule has 17 heavy (non-hydrogen) atoms. The lowest BCUT2D eigenvalue weighted by Gasteiger charge is -2.10. The Labute approximate surface area is 104 Å². The molecule has 88 valence electrons. The average molecular weight is 247 g/mol. The van der Waals surface area contributed by atoms with E-state index in [1.54, 1.807) is 17.4 Å². The number of aromatic hydroxyl groups is 1. The second-order valence-corrected chi connectivity index (χ2v) is 4.93. The fourth-order valence-electron chi connectivity index (χ4n) is 2.00. The van der Waals surface area contributed by atoms with E-state index in [1.807, 2.05) is 11.4 Å². The molecule has 1 aliphatic rings. The summed E-state index contributed by atoms with van der Waals surface area (Å²) < 4.78 is 5.54. The molecule has 2 aromatic rings. The van der Waals surface area contributed by atoms with Gasteiger partial charge in [-0.05, 0) is 29.1 Å². The van der Waals surface area contributed by atoms with Crippen molar-refractivity contribution in [3.05, 3.63) is 35.2 Å². The summed E-state index contributed by atoms with van der Waals surface area (Å²) in [5.41, 5.74) is 2.06. The number of hydrogen-bond donors (Lipinski definition) is 2. The van der Waals surface area contributed by atoms with Crippen LogP contribution in [0.1, 0.15) is 5.56 Å². The van der Waals surface area contributed by atoms with Crippen molar-refractivity contribution < 1.29 is 9.84 Å². The first kappa shape index (κ1) is 10.6. The zero-order valence-electron chi connectivity index (χ0n) is 9.27. The van der Waals surface area contributed by atoms with Crippen LogP contribution in [0, 0.1) is 0 Å². The molecule has 0 saturated carbocycles. The van der Waals surface area contributed by atoms with Crippen LogP contribution in [-0.2, 0) is 6.54 Å². The molecule has 4 heteroatoms. The Balaban J connectivity index is 2.09. The number of thiophene rings is 1. The van der Waals surface area contributed by atoms with Gasteiger partial charge in [-0.25, -0.2) is 0 Å². The standard InChI is InChI=1S/C13H13NO2S/c15-11-7-9(12-2-1-5-17-12)6-10-8-14-3-4-16-13(10)11/h1-2,5-7,14-15H,3-4,8H2. The fraction of sp³-hybridized carbons (Fsp3) is 0.231. The lowest BCUT2D eigenvalue weighted by atomic mass is 10.1. The third kappa shape index (κ3) is 2.01. The molecular weight excluding hydrogens is 234 g/mol. The average Bonchev–Trinajstić information content (AvgIpc) is 2.75. The van der Waals surface area contributed by atoms with Gasteiger partial charge in [0, 0.05) is 23.5 Å². The molecule has 2 heterocycles. The molecule has 3 nitrogen and oxygen atoms in total. The largest absolute Gasteiger partial charge is 0.504 e. The Morgan fingerprint density at radius 2 is 2.29 bits per heavy atom. The molecule has 1 aromatic carbocycles. The molecular formula is C13H13NO2S. The summed E-state index contributed by atoms with van der Waals surface area (Å²) in [7, 11) is 0. The molecule has 0 fully saturated rings. The zero-order chi connectivity index (χ0) is 11.7. The van der Waals surface area contributed by atoms with Gasteiger partial charge in [0.15, 0.2) is 11.5 Å². The van der Waals surface area contributed by atoms with Crippen molar-refractivity contribution in [2.75, 3.05) is 13.2 Å². The maximum absolute atomic E-state index is 10.0. The van der Waals surface area contributed by atoms with E-state index in [0.717, 1.165) is 29.1 Å². The van der Waals surface area contributed by atoms with Gasteiger partial charge in [0.05, 0.1) is 0 Å².